The van der Waals surface area contributed by atoms with Crippen LogP contribution in [-0.2, 0) is 52.4 Å². The fraction of sp³-hybridized carbons (Fsp3) is 0.167. The standard InChI is InChI=1S/2C6H5As4.2ClH.2Zr/c2*1-2-4-6(3-1)10-5-7-8-9-10;;;;/h2*1-3H,4H2;2*1H;;/q2*-1;;;2*+2/p-2. The maximum atomic E-state index is 3.81. The first-order valence-corrected chi connectivity index (χ1v) is 42.8. The Bertz CT molecular complexity index is 547. The van der Waals surface area contributed by atoms with E-state index in [0.717, 1.165) is 44.3 Å². The smallest absolute Gasteiger partial charge is 1.00 e. The van der Waals surface area contributed by atoms with E-state index in [1.165, 1.54) is 12.8 Å². The van der Waals surface area contributed by atoms with Gasteiger partial charge in [-0.3, -0.25) is 0 Å². The van der Waals surface area contributed by atoms with Gasteiger partial charge in [0, 0.05) is 0 Å². The van der Waals surface area contributed by atoms with E-state index in [1.54, 1.807) is 0 Å². The van der Waals surface area contributed by atoms with Crippen molar-refractivity contribution in [2.45, 2.75) is 12.8 Å². The fourth-order valence-corrected chi connectivity index (χ4v) is 207. The molecule has 0 radical (unpaired) electrons. The Balaban J connectivity index is 0. The van der Waals surface area contributed by atoms with Gasteiger partial charge in [-0.1, -0.05) is 0 Å². The predicted octanol–water partition coefficient (Wildman–Crippen LogP) is -6.84. The molecule has 4 rings (SSSR count). The van der Waals surface area contributed by atoms with Crippen LogP contribution in [0.2, 0.25) is 0 Å². The van der Waals surface area contributed by atoms with Crippen molar-refractivity contribution in [2.24, 2.45) is 0 Å². The van der Waals surface area contributed by atoms with Gasteiger partial charge in [0.15, 0.2) is 0 Å². The molecule has 2 unspecified atom stereocenters. The van der Waals surface area contributed by atoms with Crippen molar-refractivity contribution in [1.29, 1.82) is 0 Å². The van der Waals surface area contributed by atoms with Crippen molar-refractivity contribution in [3.63, 3.8) is 0 Å². The summed E-state index contributed by atoms with van der Waals surface area (Å²) in [5.41, 5.74) is 0. The molecule has 0 bridgehead atoms. The number of hydrogen-bond acceptors (Lipinski definition) is 0. The summed E-state index contributed by atoms with van der Waals surface area (Å²) >= 11 is 3.91. The van der Waals surface area contributed by atoms with Crippen LogP contribution in [0.4, 0.5) is 0 Å². The van der Waals surface area contributed by atoms with E-state index >= 15 is 0 Å². The topological polar surface area (TPSA) is 0 Å². The second-order valence-corrected chi connectivity index (χ2v) is 77.9. The van der Waals surface area contributed by atoms with Gasteiger partial charge in [-0.15, -0.1) is 0 Å². The summed E-state index contributed by atoms with van der Waals surface area (Å²) in [5, 5.41) is 0. The molecule has 0 aromatic heterocycles. The third kappa shape index (κ3) is 11.2. The summed E-state index contributed by atoms with van der Waals surface area (Å²) in [6.45, 7) is 0. The van der Waals surface area contributed by atoms with Crippen LogP contribution in [0, 0.1) is 0 Å². The molecule has 120 valence electrons. The maximum absolute atomic E-state index is 3.81. The van der Waals surface area contributed by atoms with Crippen molar-refractivity contribution < 1.29 is 77.2 Å². The molecular weight excluding hydrogens is 997 g/mol. The first kappa shape index (κ1) is 31.7. The minimum Gasteiger partial charge on any atom is -1.00 e. The fourth-order valence-electron chi connectivity index (χ4n) is 1.71. The van der Waals surface area contributed by atoms with E-state index in [2.05, 4.69) is 43.6 Å². The van der Waals surface area contributed by atoms with Crippen molar-refractivity contribution in [3.8, 4) is 0 Å². The molecule has 2 heterocycles. The molecule has 12 heteroatoms. The van der Waals surface area contributed by atoms with Crippen molar-refractivity contribution in [1.82, 2.24) is 0 Å². The second kappa shape index (κ2) is 19.2. The molecule has 0 aromatic rings. The van der Waals surface area contributed by atoms with Gasteiger partial charge < -0.3 is 24.8 Å². The van der Waals surface area contributed by atoms with E-state index in [9.17, 15) is 0 Å². The third-order valence-corrected chi connectivity index (χ3v) is 135. The quantitative estimate of drug-likeness (QED) is 0.191. The summed E-state index contributed by atoms with van der Waals surface area (Å²) in [6.07, 6.45) is 16.4. The van der Waals surface area contributed by atoms with E-state index in [4.69, 9.17) is 0 Å². The largest absolute Gasteiger partial charge is 2.00 e. The van der Waals surface area contributed by atoms with Crippen LogP contribution >= 0.6 is 0 Å². The maximum Gasteiger partial charge on any atom is 2.00 e. The average Bonchev–Trinajstić information content (AvgIpc) is 3.29. The summed E-state index contributed by atoms with van der Waals surface area (Å²) in [5.74, 6) is 0. The van der Waals surface area contributed by atoms with Gasteiger partial charge >= 0.3 is 214 Å². The van der Waals surface area contributed by atoms with Gasteiger partial charge in [0.05, 0.1) is 0 Å². The summed E-state index contributed by atoms with van der Waals surface area (Å²) < 4.78 is 11.3. The molecule has 2 atom stereocenters. The Morgan fingerprint density at radius 1 is 0.750 bits per heavy atom. The van der Waals surface area contributed by atoms with Gasteiger partial charge in [-0.25, -0.2) is 0 Å². The second-order valence-electron chi connectivity index (χ2n) is 3.96. The molecular formula is C12H10As8Cl2Zr2. The van der Waals surface area contributed by atoms with Crippen molar-refractivity contribution in [3.05, 3.63) is 45.2 Å². The molecule has 2 aliphatic heterocycles. The van der Waals surface area contributed by atoms with Crippen LogP contribution in [0.15, 0.2) is 45.2 Å². The minimum absolute atomic E-state index is 0. The average molecular weight is 1010 g/mol. The van der Waals surface area contributed by atoms with Gasteiger partial charge in [0.2, 0.25) is 0 Å². The minimum atomic E-state index is -0.472. The van der Waals surface area contributed by atoms with Crippen LogP contribution in [0.5, 0.6) is 0 Å². The molecule has 0 amide bonds. The number of allylic oxidation sites excluding steroid dienone is 8. The van der Waals surface area contributed by atoms with Crippen LogP contribution < -0.4 is 24.8 Å². The summed E-state index contributed by atoms with van der Waals surface area (Å²) in [4.78, 5) is 0. The van der Waals surface area contributed by atoms with Crippen LogP contribution in [0.25, 0.3) is 0 Å². The molecule has 0 spiro atoms. The number of halogens is 2. The van der Waals surface area contributed by atoms with Gasteiger partial charge in [-0.2, -0.15) is 0 Å². The predicted molar refractivity (Wildman–Crippen MR) is 99.7 cm³/mol. The molecule has 0 N–H and O–H groups in total. The molecule has 4 aliphatic rings. The third-order valence-electron chi connectivity index (χ3n) is 2.67. The zero-order chi connectivity index (χ0) is 13.6. The Morgan fingerprint density at radius 3 is 1.42 bits per heavy atom. The zero-order valence-electron chi connectivity index (χ0n) is 12.2. The van der Waals surface area contributed by atoms with Crippen LogP contribution in [-0.4, -0.2) is 103 Å². The molecule has 0 fully saturated rings. The molecule has 0 aromatic carbocycles. The number of rotatable bonds is 2. The van der Waals surface area contributed by atoms with Crippen LogP contribution in [0.1, 0.15) is 12.8 Å². The van der Waals surface area contributed by atoms with Crippen LogP contribution in [0.3, 0.4) is 0 Å². The van der Waals surface area contributed by atoms with E-state index in [1.807, 2.05) is 8.72 Å². The van der Waals surface area contributed by atoms with Gasteiger partial charge in [-0.05, 0) is 0 Å². The molecule has 0 saturated carbocycles. The monoisotopic (exact) mass is 1000 g/mol. The Labute approximate surface area is 233 Å². The first-order chi connectivity index (χ1) is 9.93. The normalized spacial score (nSPS) is 27.3. The molecule has 24 heavy (non-hydrogen) atoms. The van der Waals surface area contributed by atoms with Gasteiger partial charge in [0.1, 0.15) is 0 Å². The van der Waals surface area contributed by atoms with Gasteiger partial charge in [0.25, 0.3) is 0 Å². The Hall–Kier alpha value is 5.51. The SMILES string of the molecule is [C-]1=[As][As]=[As][As]1C1=CC=CC1.[C-]1=[As][As]=[As][As]1C1=CC=CC1.[Cl-].[Cl-].[Zr+2].[Zr+2]. The number of hydrogen-bond donors (Lipinski definition) is 0. The zero-order valence-corrected chi connectivity index (χ0v) is 33.7. The van der Waals surface area contributed by atoms with E-state index in [-0.39, 0.29) is 77.2 Å². The Morgan fingerprint density at radius 2 is 1.17 bits per heavy atom. The molecule has 2 aliphatic carbocycles. The van der Waals surface area contributed by atoms with E-state index in [0.29, 0.717) is 26.5 Å². The van der Waals surface area contributed by atoms with Crippen molar-refractivity contribution in [2.75, 3.05) is 0 Å². The van der Waals surface area contributed by atoms with Crippen molar-refractivity contribution >= 4 is 103 Å². The summed E-state index contributed by atoms with van der Waals surface area (Å²) in [7, 11) is 0. The first-order valence-electron chi connectivity index (χ1n) is 5.98. The Kier molecular flexibility index (Phi) is 25.4. The molecule has 0 nitrogen and oxygen atoms in total. The van der Waals surface area contributed by atoms with E-state index < -0.39 is 25.2 Å². The molecule has 0 saturated heterocycles. The summed E-state index contributed by atoms with van der Waals surface area (Å²) in [6, 6.07) is 0.